The molecule has 28 heavy (non-hydrogen) atoms. The molecule has 3 rings (SSSR count). The molecule has 2 saturated carbocycles. The van der Waals surface area contributed by atoms with E-state index in [1.807, 2.05) is 13.8 Å². The van der Waals surface area contributed by atoms with Gasteiger partial charge >= 0.3 is 6.03 Å². The molecule has 2 aliphatic rings. The van der Waals surface area contributed by atoms with Gasteiger partial charge in [-0.3, -0.25) is 4.79 Å². The highest BCUT2D eigenvalue weighted by atomic mass is 16.2. The molecular weight excluding hydrogens is 350 g/mol. The van der Waals surface area contributed by atoms with Crippen LogP contribution in [0.4, 0.5) is 4.79 Å². The third-order valence-corrected chi connectivity index (χ3v) is 6.14. The first-order valence-corrected chi connectivity index (χ1v) is 10.9. The molecule has 1 aromatic rings. The fraction of sp³-hybridized carbons (Fsp3) is 0.652. The summed E-state index contributed by atoms with van der Waals surface area (Å²) in [5.41, 5.74) is 1.42. The standard InChI is InChI=1S/C23H35N3O2/c1-16(2)24-22(27)19-9-6-10-21(15-19)26-23(28)25-20-13-11-18(12-14-20)17-7-4-3-5-8-17/h3-5,7-8,16,18-21H,6,9-15H2,1-2H3,(H,24,27)(H2,25,26,28). The maximum Gasteiger partial charge on any atom is 0.315 e. The number of hydrogen-bond donors (Lipinski definition) is 3. The summed E-state index contributed by atoms with van der Waals surface area (Å²) in [6.45, 7) is 3.97. The van der Waals surface area contributed by atoms with Crippen molar-refractivity contribution in [1.29, 1.82) is 0 Å². The Bertz CT molecular complexity index is 639. The van der Waals surface area contributed by atoms with Crippen LogP contribution in [0.1, 0.15) is 76.7 Å². The molecule has 2 aliphatic carbocycles. The van der Waals surface area contributed by atoms with E-state index in [1.54, 1.807) is 0 Å². The molecule has 2 fully saturated rings. The molecule has 3 amide bonds. The Kier molecular flexibility index (Phi) is 7.35. The SMILES string of the molecule is CC(C)NC(=O)C1CCCC(NC(=O)NC2CCC(c3ccccc3)CC2)C1. The Hall–Kier alpha value is -2.04. The van der Waals surface area contributed by atoms with E-state index in [9.17, 15) is 9.59 Å². The highest BCUT2D eigenvalue weighted by Crippen LogP contribution is 2.32. The van der Waals surface area contributed by atoms with Crippen LogP contribution in [0, 0.1) is 5.92 Å². The van der Waals surface area contributed by atoms with E-state index < -0.39 is 0 Å². The van der Waals surface area contributed by atoms with Crippen molar-refractivity contribution in [3.05, 3.63) is 35.9 Å². The summed E-state index contributed by atoms with van der Waals surface area (Å²) < 4.78 is 0. The van der Waals surface area contributed by atoms with Crippen LogP contribution in [0.25, 0.3) is 0 Å². The van der Waals surface area contributed by atoms with Gasteiger partial charge in [0.25, 0.3) is 0 Å². The van der Waals surface area contributed by atoms with Crippen molar-refractivity contribution in [3.63, 3.8) is 0 Å². The van der Waals surface area contributed by atoms with Crippen molar-refractivity contribution in [2.75, 3.05) is 0 Å². The maximum absolute atomic E-state index is 12.5. The normalized spacial score (nSPS) is 27.8. The molecule has 3 N–H and O–H groups in total. The van der Waals surface area contributed by atoms with Crippen molar-refractivity contribution >= 4 is 11.9 Å². The second-order valence-electron chi connectivity index (χ2n) is 8.80. The van der Waals surface area contributed by atoms with Crippen molar-refractivity contribution in [2.45, 2.75) is 89.3 Å². The predicted octanol–water partition coefficient (Wildman–Crippen LogP) is 4.10. The number of nitrogens with one attached hydrogen (secondary N) is 3. The molecule has 0 heterocycles. The van der Waals surface area contributed by atoms with Crippen LogP contribution in [0.3, 0.4) is 0 Å². The maximum atomic E-state index is 12.5. The van der Waals surface area contributed by atoms with Gasteiger partial charge in [0.1, 0.15) is 0 Å². The van der Waals surface area contributed by atoms with Gasteiger partial charge in [-0.2, -0.15) is 0 Å². The number of carbonyl (C=O) groups excluding carboxylic acids is 2. The Morgan fingerprint density at radius 2 is 1.57 bits per heavy atom. The van der Waals surface area contributed by atoms with Crippen LogP contribution in [0.15, 0.2) is 30.3 Å². The number of urea groups is 1. The van der Waals surface area contributed by atoms with Crippen LogP contribution >= 0.6 is 0 Å². The molecule has 1 aromatic carbocycles. The first-order valence-electron chi connectivity index (χ1n) is 10.9. The lowest BCUT2D eigenvalue weighted by Crippen LogP contribution is -2.49. The summed E-state index contributed by atoms with van der Waals surface area (Å²) in [6.07, 6.45) is 7.90. The zero-order valence-electron chi connectivity index (χ0n) is 17.2. The number of amides is 3. The zero-order chi connectivity index (χ0) is 19.9. The number of benzene rings is 1. The Morgan fingerprint density at radius 1 is 0.893 bits per heavy atom. The van der Waals surface area contributed by atoms with Crippen LogP contribution in [0.5, 0.6) is 0 Å². The summed E-state index contributed by atoms with van der Waals surface area (Å²) in [7, 11) is 0. The van der Waals surface area contributed by atoms with Gasteiger partial charge in [0.15, 0.2) is 0 Å². The average molecular weight is 386 g/mol. The molecule has 0 radical (unpaired) electrons. The molecule has 2 unspecified atom stereocenters. The fourth-order valence-corrected chi connectivity index (χ4v) is 4.67. The fourth-order valence-electron chi connectivity index (χ4n) is 4.67. The molecule has 0 aromatic heterocycles. The van der Waals surface area contributed by atoms with Gasteiger partial charge in [-0.15, -0.1) is 0 Å². The van der Waals surface area contributed by atoms with Gasteiger partial charge in [-0.1, -0.05) is 36.8 Å². The van der Waals surface area contributed by atoms with Gasteiger partial charge in [-0.05, 0) is 70.3 Å². The minimum Gasteiger partial charge on any atom is -0.354 e. The Morgan fingerprint density at radius 3 is 2.25 bits per heavy atom. The first kappa shape index (κ1) is 20.7. The molecule has 0 saturated heterocycles. The number of hydrogen-bond acceptors (Lipinski definition) is 2. The van der Waals surface area contributed by atoms with E-state index in [4.69, 9.17) is 0 Å². The average Bonchev–Trinajstić information content (AvgIpc) is 2.69. The van der Waals surface area contributed by atoms with E-state index in [0.717, 1.165) is 51.4 Å². The van der Waals surface area contributed by atoms with Crippen LogP contribution in [-0.2, 0) is 4.79 Å². The minimum absolute atomic E-state index is 0.0164. The topological polar surface area (TPSA) is 70.2 Å². The van der Waals surface area contributed by atoms with E-state index in [0.29, 0.717) is 5.92 Å². The van der Waals surface area contributed by atoms with Gasteiger partial charge in [0.2, 0.25) is 5.91 Å². The van der Waals surface area contributed by atoms with Crippen molar-refractivity contribution < 1.29 is 9.59 Å². The van der Waals surface area contributed by atoms with E-state index in [-0.39, 0.29) is 36.0 Å². The summed E-state index contributed by atoms with van der Waals surface area (Å²) in [5.74, 6) is 0.754. The monoisotopic (exact) mass is 385 g/mol. The van der Waals surface area contributed by atoms with E-state index >= 15 is 0 Å². The van der Waals surface area contributed by atoms with Gasteiger partial charge < -0.3 is 16.0 Å². The van der Waals surface area contributed by atoms with Gasteiger partial charge in [0.05, 0.1) is 0 Å². The molecule has 5 heteroatoms. The summed E-state index contributed by atoms with van der Waals surface area (Å²) >= 11 is 0. The largest absolute Gasteiger partial charge is 0.354 e. The van der Waals surface area contributed by atoms with Crippen LogP contribution in [0.2, 0.25) is 0 Å². The molecule has 154 valence electrons. The first-order chi connectivity index (χ1) is 13.5. The summed E-state index contributed by atoms with van der Waals surface area (Å²) in [6, 6.07) is 11.1. The highest BCUT2D eigenvalue weighted by molar-refractivity contribution is 5.79. The van der Waals surface area contributed by atoms with E-state index in [2.05, 4.69) is 46.3 Å². The lowest BCUT2D eigenvalue weighted by atomic mass is 9.82. The third kappa shape index (κ3) is 5.98. The second kappa shape index (κ2) is 9.94. The molecule has 0 bridgehead atoms. The van der Waals surface area contributed by atoms with Crippen molar-refractivity contribution in [3.8, 4) is 0 Å². The highest BCUT2D eigenvalue weighted by Gasteiger charge is 2.29. The predicted molar refractivity (Wildman–Crippen MR) is 112 cm³/mol. The van der Waals surface area contributed by atoms with Gasteiger partial charge in [0, 0.05) is 24.0 Å². The lowest BCUT2D eigenvalue weighted by molar-refractivity contribution is -0.126. The molecule has 2 atom stereocenters. The quantitative estimate of drug-likeness (QED) is 0.714. The second-order valence-corrected chi connectivity index (χ2v) is 8.80. The molecule has 0 aliphatic heterocycles. The van der Waals surface area contributed by atoms with E-state index in [1.165, 1.54) is 5.56 Å². The lowest BCUT2D eigenvalue weighted by Gasteiger charge is -2.32. The Balaban J connectivity index is 1.40. The third-order valence-electron chi connectivity index (χ3n) is 6.14. The molecular formula is C23H35N3O2. The van der Waals surface area contributed by atoms with Crippen molar-refractivity contribution in [2.24, 2.45) is 5.92 Å². The summed E-state index contributed by atoms with van der Waals surface area (Å²) in [5, 5.41) is 9.28. The van der Waals surface area contributed by atoms with Crippen molar-refractivity contribution in [1.82, 2.24) is 16.0 Å². The zero-order valence-corrected chi connectivity index (χ0v) is 17.2. The van der Waals surface area contributed by atoms with Gasteiger partial charge in [-0.25, -0.2) is 4.79 Å². The number of rotatable bonds is 5. The molecule has 0 spiro atoms. The minimum atomic E-state index is -0.0712. The number of carbonyl (C=O) groups is 2. The molecule has 5 nitrogen and oxygen atoms in total. The van der Waals surface area contributed by atoms with Crippen LogP contribution in [-0.4, -0.2) is 30.1 Å². The Labute approximate surface area is 169 Å². The smallest absolute Gasteiger partial charge is 0.315 e. The summed E-state index contributed by atoms with van der Waals surface area (Å²) in [4.78, 5) is 24.7. The van der Waals surface area contributed by atoms with Crippen LogP contribution < -0.4 is 16.0 Å².